The van der Waals surface area contributed by atoms with Crippen LogP contribution >= 0.6 is 0 Å². The zero-order valence-electron chi connectivity index (χ0n) is 17.3. The monoisotopic (exact) mass is 421 g/mol. The third-order valence-electron chi connectivity index (χ3n) is 6.49. The average molecular weight is 421 g/mol. The Balaban J connectivity index is 1.98. The van der Waals surface area contributed by atoms with Gasteiger partial charge < -0.3 is 15.6 Å². The van der Waals surface area contributed by atoms with E-state index >= 15 is 0 Å². The lowest BCUT2D eigenvalue weighted by atomic mass is 9.81. The van der Waals surface area contributed by atoms with Gasteiger partial charge in [0, 0.05) is 38.2 Å². The summed E-state index contributed by atoms with van der Waals surface area (Å²) >= 11 is 0. The second kappa shape index (κ2) is 6.40. The van der Waals surface area contributed by atoms with Gasteiger partial charge in [-0.1, -0.05) is 18.2 Å². The predicted molar refractivity (Wildman–Crippen MR) is 127 cm³/mol. The van der Waals surface area contributed by atoms with Gasteiger partial charge in [0.25, 0.3) is 0 Å². The van der Waals surface area contributed by atoms with E-state index in [1.165, 1.54) is 0 Å². The Morgan fingerprint density at radius 2 is 1.88 bits per heavy atom. The molecule has 0 radical (unpaired) electrons. The molecule has 0 saturated carbocycles. The van der Waals surface area contributed by atoms with Crippen LogP contribution in [0.25, 0.3) is 49.5 Å². The highest BCUT2D eigenvalue weighted by molar-refractivity contribution is 6.23. The van der Waals surface area contributed by atoms with Crippen molar-refractivity contribution in [3.05, 3.63) is 69.2 Å². The van der Waals surface area contributed by atoms with Crippen LogP contribution in [0.15, 0.2) is 52.3 Å². The lowest BCUT2D eigenvalue weighted by molar-refractivity contribution is 0.415. The van der Waals surface area contributed by atoms with Gasteiger partial charge in [-0.05, 0) is 59.5 Å². The van der Waals surface area contributed by atoms with Crippen LogP contribution < -0.4 is 21.3 Å². The standard InChI is InChI=1S/C26H19N3O3/c1-32-12-6-7-13-15-8-9-17-23-21(15)19(25(31)18(13)10-12)11-20(29-26(27)28)22(23)14-4-2-3-5-16(14)24(17)30/h3,5-11,30H,2,4H2,1H3,(H3,27,28). The highest BCUT2D eigenvalue weighted by atomic mass is 16.5. The van der Waals surface area contributed by atoms with Crippen molar-refractivity contribution in [3.63, 3.8) is 0 Å². The fourth-order valence-electron chi connectivity index (χ4n) is 5.18. The first-order valence-electron chi connectivity index (χ1n) is 10.4. The zero-order valence-corrected chi connectivity index (χ0v) is 17.3. The van der Waals surface area contributed by atoms with Crippen LogP contribution in [-0.4, -0.2) is 18.2 Å². The maximum absolute atomic E-state index is 13.6. The van der Waals surface area contributed by atoms with Crippen LogP contribution in [0, 0.1) is 5.41 Å². The molecule has 0 amide bonds. The number of nitrogens with two attached hydrogens (primary N) is 1. The Kier molecular flexibility index (Phi) is 3.72. The second-order valence-corrected chi connectivity index (χ2v) is 8.15. The van der Waals surface area contributed by atoms with E-state index in [-0.39, 0.29) is 17.1 Å². The minimum atomic E-state index is -0.330. The number of ether oxygens (including phenoxy) is 1. The number of hydrogen-bond acceptors (Lipinski definition) is 4. The molecule has 0 atom stereocenters. The molecule has 0 bridgehead atoms. The molecule has 6 heteroatoms. The molecular weight excluding hydrogens is 402 g/mol. The Hall–Kier alpha value is -4.19. The van der Waals surface area contributed by atoms with Gasteiger partial charge in [0.15, 0.2) is 5.43 Å². The molecule has 156 valence electrons. The number of aryl methyl sites for hydroxylation is 1. The van der Waals surface area contributed by atoms with Gasteiger partial charge in [0.1, 0.15) is 11.5 Å². The number of fused-ring (bicyclic) bond motifs is 4. The van der Waals surface area contributed by atoms with Crippen molar-refractivity contribution in [2.24, 2.45) is 10.7 Å². The number of allylic oxidation sites excluding steroid dienone is 1. The van der Waals surface area contributed by atoms with E-state index in [2.05, 4.69) is 4.99 Å². The maximum Gasteiger partial charge on any atom is 0.213 e. The lowest BCUT2D eigenvalue weighted by Crippen LogP contribution is -2.19. The summed E-state index contributed by atoms with van der Waals surface area (Å²) in [6, 6.07) is 11.1. The molecule has 0 saturated heterocycles. The number of methoxy groups -OCH3 is 1. The molecule has 0 aromatic heterocycles. The van der Waals surface area contributed by atoms with Gasteiger partial charge in [-0.2, -0.15) is 0 Å². The molecular formula is C26H19N3O3. The van der Waals surface area contributed by atoms with Gasteiger partial charge in [-0.25, -0.2) is 4.99 Å². The molecule has 0 unspecified atom stereocenters. The number of guanidine groups is 1. The summed E-state index contributed by atoms with van der Waals surface area (Å²) < 4.78 is 5.34. The number of aromatic hydroxyl groups is 1. The molecule has 32 heavy (non-hydrogen) atoms. The zero-order chi connectivity index (χ0) is 22.1. The SMILES string of the molecule is COc1ccc2c3ccc4c(O)c5c(c6c(=NC(=N)N)cc(c(=O)c2c1)-c3c46)CCC=C5. The minimum absolute atomic E-state index is 0.141. The third-order valence-corrected chi connectivity index (χ3v) is 6.49. The first-order valence-corrected chi connectivity index (χ1v) is 10.4. The molecule has 0 spiro atoms. The van der Waals surface area contributed by atoms with E-state index in [9.17, 15) is 9.90 Å². The van der Waals surface area contributed by atoms with Gasteiger partial charge in [-0.3, -0.25) is 10.2 Å². The summed E-state index contributed by atoms with van der Waals surface area (Å²) in [5.41, 5.74) is 8.54. The van der Waals surface area contributed by atoms with Crippen molar-refractivity contribution in [1.29, 1.82) is 5.41 Å². The molecule has 0 aliphatic heterocycles. The Bertz CT molecular complexity index is 1720. The number of phenols is 1. The molecule has 3 aliphatic carbocycles. The number of nitrogens with one attached hydrogen (secondary N) is 1. The number of nitrogens with zero attached hydrogens (tertiary/aromatic N) is 1. The predicted octanol–water partition coefficient (Wildman–Crippen LogP) is 3.95. The fraction of sp³-hybridized carbons (Fsp3) is 0.115. The smallest absolute Gasteiger partial charge is 0.213 e. The van der Waals surface area contributed by atoms with E-state index in [4.69, 9.17) is 15.9 Å². The van der Waals surface area contributed by atoms with Crippen LogP contribution in [0.3, 0.4) is 0 Å². The van der Waals surface area contributed by atoms with E-state index in [0.717, 1.165) is 51.1 Å². The first-order chi connectivity index (χ1) is 15.5. The quantitative estimate of drug-likeness (QED) is 0.165. The molecule has 0 heterocycles. The topological polar surface area (TPSA) is 109 Å². The normalized spacial score (nSPS) is 14.1. The van der Waals surface area contributed by atoms with Crippen LogP contribution in [0.5, 0.6) is 11.5 Å². The summed E-state index contributed by atoms with van der Waals surface area (Å²) in [7, 11) is 1.57. The van der Waals surface area contributed by atoms with Crippen molar-refractivity contribution in [3.8, 4) is 22.6 Å². The molecule has 3 aromatic carbocycles. The molecule has 6 rings (SSSR count). The second-order valence-electron chi connectivity index (χ2n) is 8.15. The van der Waals surface area contributed by atoms with E-state index in [0.29, 0.717) is 27.4 Å². The van der Waals surface area contributed by atoms with E-state index in [1.807, 2.05) is 36.4 Å². The maximum atomic E-state index is 13.6. The van der Waals surface area contributed by atoms with Crippen molar-refractivity contribution in [1.82, 2.24) is 0 Å². The average Bonchev–Trinajstić information content (AvgIpc) is 2.80. The van der Waals surface area contributed by atoms with Crippen LogP contribution in [0.2, 0.25) is 0 Å². The molecule has 4 N–H and O–H groups in total. The number of phenolic OH excluding ortho intramolecular Hbond substituents is 1. The van der Waals surface area contributed by atoms with Gasteiger partial charge in [-0.15, -0.1) is 0 Å². The van der Waals surface area contributed by atoms with Crippen molar-refractivity contribution in [2.75, 3.05) is 7.11 Å². The third kappa shape index (κ3) is 2.32. The van der Waals surface area contributed by atoms with Crippen molar-refractivity contribution in [2.45, 2.75) is 12.8 Å². The molecule has 6 nitrogen and oxygen atoms in total. The summed E-state index contributed by atoms with van der Waals surface area (Å²) in [5, 5.41) is 24.0. The van der Waals surface area contributed by atoms with Crippen molar-refractivity contribution >= 4 is 44.4 Å². The Morgan fingerprint density at radius 3 is 2.66 bits per heavy atom. The summed E-state index contributed by atoms with van der Waals surface area (Å²) in [4.78, 5) is 17.9. The van der Waals surface area contributed by atoms with E-state index in [1.54, 1.807) is 19.2 Å². The lowest BCUT2D eigenvalue weighted by Gasteiger charge is -2.23. The molecule has 3 aliphatic rings. The first kappa shape index (κ1) is 18.6. The van der Waals surface area contributed by atoms with Crippen LogP contribution in [-0.2, 0) is 6.42 Å². The van der Waals surface area contributed by atoms with Crippen LogP contribution in [0.1, 0.15) is 17.5 Å². The van der Waals surface area contributed by atoms with Crippen molar-refractivity contribution < 1.29 is 9.84 Å². The number of benzene rings is 5. The minimum Gasteiger partial charge on any atom is -0.507 e. The van der Waals surface area contributed by atoms with Gasteiger partial charge >= 0.3 is 0 Å². The largest absolute Gasteiger partial charge is 0.507 e. The van der Waals surface area contributed by atoms with Gasteiger partial charge in [0.05, 0.1) is 12.5 Å². The Morgan fingerprint density at radius 1 is 1.09 bits per heavy atom. The highest BCUT2D eigenvalue weighted by Crippen LogP contribution is 2.46. The molecule has 3 aromatic rings. The fourth-order valence-corrected chi connectivity index (χ4v) is 5.18. The summed E-state index contributed by atoms with van der Waals surface area (Å²) in [5.74, 6) is 0.478. The summed E-state index contributed by atoms with van der Waals surface area (Å²) in [6.07, 6.45) is 5.54. The highest BCUT2D eigenvalue weighted by Gasteiger charge is 2.26. The summed E-state index contributed by atoms with van der Waals surface area (Å²) in [6.45, 7) is 0. The molecule has 0 fully saturated rings. The Labute approximate surface area is 182 Å². The van der Waals surface area contributed by atoms with Crippen LogP contribution in [0.4, 0.5) is 0 Å². The number of rotatable bonds is 1. The number of hydrogen-bond donors (Lipinski definition) is 3. The van der Waals surface area contributed by atoms with Gasteiger partial charge in [0.2, 0.25) is 5.96 Å². The van der Waals surface area contributed by atoms with E-state index < -0.39 is 0 Å².